The van der Waals surface area contributed by atoms with Crippen molar-refractivity contribution in [2.45, 2.75) is 25.7 Å². The predicted octanol–water partition coefficient (Wildman–Crippen LogP) is 1.89. The summed E-state index contributed by atoms with van der Waals surface area (Å²) >= 11 is 0. The predicted molar refractivity (Wildman–Crippen MR) is 102 cm³/mol. The normalized spacial score (nSPS) is 23.9. The Balaban J connectivity index is 1.57. The third-order valence-electron chi connectivity index (χ3n) is 5.80. The summed E-state index contributed by atoms with van der Waals surface area (Å²) in [7, 11) is 0. The van der Waals surface area contributed by atoms with Crippen molar-refractivity contribution < 1.29 is 19.4 Å². The first-order valence-electron chi connectivity index (χ1n) is 9.95. The van der Waals surface area contributed by atoms with E-state index in [0.29, 0.717) is 19.5 Å². The number of carboxylic acid groups (broad SMARTS) is 1. The Morgan fingerprint density at radius 3 is 2.52 bits per heavy atom. The molecule has 0 bridgehead atoms. The van der Waals surface area contributed by atoms with Crippen LogP contribution in [0.3, 0.4) is 0 Å². The van der Waals surface area contributed by atoms with Gasteiger partial charge in [0.1, 0.15) is 0 Å². The molecule has 1 amide bonds. The number of carboxylic acids is 1. The molecule has 2 atom stereocenters. The van der Waals surface area contributed by atoms with E-state index in [2.05, 4.69) is 4.90 Å². The van der Waals surface area contributed by atoms with Crippen molar-refractivity contribution in [1.29, 1.82) is 0 Å². The van der Waals surface area contributed by atoms with Gasteiger partial charge in [0.2, 0.25) is 5.91 Å². The van der Waals surface area contributed by atoms with Crippen molar-refractivity contribution in [3.8, 4) is 0 Å². The van der Waals surface area contributed by atoms with Crippen LogP contribution >= 0.6 is 0 Å². The van der Waals surface area contributed by atoms with Crippen LogP contribution in [0.4, 0.5) is 0 Å². The quantitative estimate of drug-likeness (QED) is 0.789. The van der Waals surface area contributed by atoms with E-state index in [9.17, 15) is 14.7 Å². The van der Waals surface area contributed by atoms with Crippen LogP contribution in [0.25, 0.3) is 0 Å². The van der Waals surface area contributed by atoms with Crippen molar-refractivity contribution in [1.82, 2.24) is 9.80 Å². The van der Waals surface area contributed by atoms with Crippen molar-refractivity contribution in [2.24, 2.45) is 11.8 Å². The van der Waals surface area contributed by atoms with E-state index in [0.717, 1.165) is 51.3 Å². The fourth-order valence-corrected chi connectivity index (χ4v) is 4.18. The van der Waals surface area contributed by atoms with Gasteiger partial charge in [0.25, 0.3) is 0 Å². The van der Waals surface area contributed by atoms with Gasteiger partial charge in [0.15, 0.2) is 0 Å². The maximum atomic E-state index is 12.7. The van der Waals surface area contributed by atoms with E-state index >= 15 is 0 Å². The summed E-state index contributed by atoms with van der Waals surface area (Å²) in [6, 6.07) is 9.81. The Morgan fingerprint density at radius 1 is 1.07 bits per heavy atom. The number of piperidine rings is 1. The highest BCUT2D eigenvalue weighted by Gasteiger charge is 2.32. The minimum atomic E-state index is -0.736. The highest BCUT2D eigenvalue weighted by atomic mass is 16.5. The molecule has 1 aromatic rings. The van der Waals surface area contributed by atoms with Crippen LogP contribution in [0.15, 0.2) is 30.3 Å². The number of benzene rings is 1. The highest BCUT2D eigenvalue weighted by Crippen LogP contribution is 2.30. The van der Waals surface area contributed by atoms with Crippen LogP contribution in [-0.2, 0) is 20.7 Å². The number of ether oxygens (including phenoxy) is 1. The third-order valence-corrected chi connectivity index (χ3v) is 5.80. The highest BCUT2D eigenvalue weighted by molar-refractivity contribution is 5.79. The number of likely N-dealkylation sites (tertiary alicyclic amines) is 1. The largest absolute Gasteiger partial charge is 0.481 e. The molecule has 2 unspecified atom stereocenters. The number of rotatable bonds is 7. The van der Waals surface area contributed by atoms with Crippen LogP contribution in [0.2, 0.25) is 0 Å². The van der Waals surface area contributed by atoms with Gasteiger partial charge in [-0.3, -0.25) is 14.5 Å². The van der Waals surface area contributed by atoms with Gasteiger partial charge in [-0.15, -0.1) is 0 Å². The topological polar surface area (TPSA) is 70.1 Å². The maximum absolute atomic E-state index is 12.7. The second-order valence-electron chi connectivity index (χ2n) is 7.65. The number of aliphatic carboxylic acids is 1. The Labute approximate surface area is 161 Å². The van der Waals surface area contributed by atoms with Crippen LogP contribution in [0, 0.1) is 11.8 Å². The molecule has 1 aromatic carbocycles. The lowest BCUT2D eigenvalue weighted by molar-refractivity contribution is -0.139. The summed E-state index contributed by atoms with van der Waals surface area (Å²) < 4.78 is 5.40. The van der Waals surface area contributed by atoms with Gasteiger partial charge in [-0.25, -0.2) is 0 Å². The van der Waals surface area contributed by atoms with Gasteiger partial charge in [-0.05, 0) is 36.8 Å². The molecule has 148 valence electrons. The van der Waals surface area contributed by atoms with E-state index < -0.39 is 5.97 Å². The smallest absolute Gasteiger partial charge is 0.303 e. The number of amides is 1. The summed E-state index contributed by atoms with van der Waals surface area (Å²) in [6.45, 7) is 5.70. The molecule has 2 fully saturated rings. The third kappa shape index (κ3) is 6.04. The average molecular weight is 374 g/mol. The monoisotopic (exact) mass is 374 g/mol. The molecule has 2 aliphatic heterocycles. The average Bonchev–Trinajstić information content (AvgIpc) is 2.68. The standard InChI is InChI=1S/C21H30N2O4/c24-20(14-17-4-2-1-3-5-17)23-9-7-18(15-21(25)26)19(16-23)6-8-22-10-12-27-13-11-22/h1-5,18-19H,6-16H2,(H,25,26). The zero-order valence-corrected chi connectivity index (χ0v) is 15.9. The van der Waals surface area contributed by atoms with E-state index in [1.807, 2.05) is 35.2 Å². The zero-order chi connectivity index (χ0) is 19.1. The van der Waals surface area contributed by atoms with Crippen molar-refractivity contribution in [2.75, 3.05) is 45.9 Å². The van der Waals surface area contributed by atoms with E-state index in [1.165, 1.54) is 0 Å². The van der Waals surface area contributed by atoms with Crippen LogP contribution in [0.1, 0.15) is 24.8 Å². The molecule has 0 saturated carbocycles. The molecule has 6 heteroatoms. The van der Waals surface area contributed by atoms with Gasteiger partial charge < -0.3 is 14.7 Å². The van der Waals surface area contributed by atoms with Crippen molar-refractivity contribution in [3.63, 3.8) is 0 Å². The number of carbonyl (C=O) groups excluding carboxylic acids is 1. The number of nitrogens with zero attached hydrogens (tertiary/aromatic N) is 2. The molecule has 6 nitrogen and oxygen atoms in total. The van der Waals surface area contributed by atoms with E-state index in [1.54, 1.807) is 0 Å². The molecule has 2 heterocycles. The molecule has 0 radical (unpaired) electrons. The number of morpholine rings is 1. The Kier molecular flexibility index (Phi) is 7.24. The summed E-state index contributed by atoms with van der Waals surface area (Å²) in [5.74, 6) is -0.187. The number of hydrogen-bond acceptors (Lipinski definition) is 4. The second kappa shape index (κ2) is 9.85. The Morgan fingerprint density at radius 2 is 1.81 bits per heavy atom. The molecule has 0 spiro atoms. The van der Waals surface area contributed by atoms with Crippen LogP contribution < -0.4 is 0 Å². The maximum Gasteiger partial charge on any atom is 0.303 e. The lowest BCUT2D eigenvalue weighted by Crippen LogP contribution is -2.46. The molecular formula is C21H30N2O4. The van der Waals surface area contributed by atoms with Crippen molar-refractivity contribution >= 4 is 11.9 Å². The first-order valence-corrected chi connectivity index (χ1v) is 9.95. The molecule has 0 aromatic heterocycles. The molecule has 2 aliphatic rings. The van der Waals surface area contributed by atoms with Crippen molar-refractivity contribution in [3.05, 3.63) is 35.9 Å². The van der Waals surface area contributed by atoms with E-state index in [-0.39, 0.29) is 24.2 Å². The summed E-state index contributed by atoms with van der Waals surface area (Å²) in [4.78, 5) is 28.3. The van der Waals surface area contributed by atoms with Crippen LogP contribution in [0.5, 0.6) is 0 Å². The fourth-order valence-electron chi connectivity index (χ4n) is 4.18. The Hall–Kier alpha value is -1.92. The van der Waals surface area contributed by atoms with Gasteiger partial charge >= 0.3 is 5.97 Å². The number of carbonyl (C=O) groups is 2. The Bertz CT molecular complexity index is 616. The summed E-state index contributed by atoms with van der Waals surface area (Å²) in [5.41, 5.74) is 1.03. The molecule has 27 heavy (non-hydrogen) atoms. The lowest BCUT2D eigenvalue weighted by Gasteiger charge is -2.39. The molecule has 1 N–H and O–H groups in total. The van der Waals surface area contributed by atoms with Gasteiger partial charge in [0, 0.05) is 32.6 Å². The fraction of sp³-hybridized carbons (Fsp3) is 0.619. The van der Waals surface area contributed by atoms with E-state index in [4.69, 9.17) is 4.74 Å². The molecule has 0 aliphatic carbocycles. The lowest BCUT2D eigenvalue weighted by atomic mass is 9.81. The SMILES string of the molecule is O=C(O)CC1CCN(C(=O)Cc2ccccc2)CC1CCN1CCOCC1. The minimum Gasteiger partial charge on any atom is -0.481 e. The summed E-state index contributed by atoms with van der Waals surface area (Å²) in [6.07, 6.45) is 2.34. The minimum absolute atomic E-state index is 0.145. The number of hydrogen-bond donors (Lipinski definition) is 1. The second-order valence-corrected chi connectivity index (χ2v) is 7.65. The molecule has 3 rings (SSSR count). The summed E-state index contributed by atoms with van der Waals surface area (Å²) in [5, 5.41) is 9.26. The first kappa shape index (κ1) is 19.8. The van der Waals surface area contributed by atoms with Gasteiger partial charge in [-0.2, -0.15) is 0 Å². The zero-order valence-electron chi connectivity index (χ0n) is 15.9. The first-order chi connectivity index (χ1) is 13.1. The molecular weight excluding hydrogens is 344 g/mol. The van der Waals surface area contributed by atoms with Gasteiger partial charge in [-0.1, -0.05) is 30.3 Å². The van der Waals surface area contributed by atoms with Crippen LogP contribution in [-0.4, -0.2) is 72.7 Å². The molecule has 2 saturated heterocycles. The van der Waals surface area contributed by atoms with Gasteiger partial charge in [0.05, 0.1) is 19.6 Å².